The summed E-state index contributed by atoms with van der Waals surface area (Å²) >= 11 is 0. The molecule has 0 unspecified atom stereocenters. The Balaban J connectivity index is 0.889. The van der Waals surface area contributed by atoms with Crippen molar-refractivity contribution in [1.29, 1.82) is 0 Å². The Morgan fingerprint density at radius 2 is 0.509 bits per heavy atom. The molecule has 12 bridgehead atoms. The molecule has 0 aliphatic carbocycles. The lowest BCUT2D eigenvalue weighted by Crippen LogP contribution is -2.42. The number of nitrogens with one attached hydrogen (secondary N) is 11. The number of benzene rings is 6. The minimum absolute atomic E-state index is 0.123. The van der Waals surface area contributed by atoms with E-state index in [1.165, 1.54) is 0 Å². The van der Waals surface area contributed by atoms with Crippen LogP contribution in [0.4, 0.5) is 0 Å². The summed E-state index contributed by atoms with van der Waals surface area (Å²) in [5, 5.41) is 34.8. The van der Waals surface area contributed by atoms with Crippen molar-refractivity contribution < 1.29 is 28.8 Å². The van der Waals surface area contributed by atoms with Gasteiger partial charge in [-0.05, 0) is 154 Å². The molecule has 0 saturated carbocycles. The summed E-state index contributed by atoms with van der Waals surface area (Å²) in [6.45, 7) is 24.9. The van der Waals surface area contributed by atoms with Gasteiger partial charge in [-0.1, -0.05) is 79.7 Å². The molecule has 6 aromatic carbocycles. The van der Waals surface area contributed by atoms with E-state index < -0.39 is 0 Å². The van der Waals surface area contributed by atoms with Crippen LogP contribution in [-0.2, 0) is 6.54 Å². The summed E-state index contributed by atoms with van der Waals surface area (Å²) < 4.78 is 0. The first-order valence-corrected chi connectivity index (χ1v) is 41.1. The van der Waals surface area contributed by atoms with Gasteiger partial charge in [-0.2, -0.15) is 0 Å². The number of rotatable bonds is 14. The van der Waals surface area contributed by atoms with Crippen molar-refractivity contribution in [1.82, 2.24) is 87.9 Å². The summed E-state index contributed by atoms with van der Waals surface area (Å²) in [7, 11) is 9.76. The number of amides is 6. The van der Waals surface area contributed by atoms with Gasteiger partial charge in [0.05, 0.1) is 32.7 Å². The molecule has 28 heteroatoms. The van der Waals surface area contributed by atoms with E-state index >= 15 is 0 Å². The monoisotopic (exact) mass is 1590 g/mol. The third-order valence-corrected chi connectivity index (χ3v) is 19.6. The number of likely N-dealkylation sites (N-methyl/N-ethyl adjacent to an activating group) is 5. The highest BCUT2D eigenvalue weighted by Gasteiger charge is 2.16. The molecule has 10 aliphatic heterocycles. The molecule has 28 nitrogen and oxygen atoms in total. The largest absolute Gasteiger partial charge is 0.351 e. The summed E-state index contributed by atoms with van der Waals surface area (Å²) in [6, 6.07) is 44.9. The predicted octanol–water partition coefficient (Wildman–Crippen LogP) is 3.49. The third kappa shape index (κ3) is 37.8. The second-order valence-corrected chi connectivity index (χ2v) is 28.6. The Morgan fingerprint density at radius 3 is 0.750 bits per heavy atom. The molecule has 16 rings (SSSR count). The van der Waals surface area contributed by atoms with Crippen molar-refractivity contribution in [2.24, 2.45) is 25.0 Å². The Kier molecular flexibility index (Phi) is 45.3. The van der Waals surface area contributed by atoms with Crippen LogP contribution in [0.5, 0.6) is 0 Å². The summed E-state index contributed by atoms with van der Waals surface area (Å²) in [4.78, 5) is 116. The fraction of sp³-hybridized carbons (Fsp3) is 0.466. The first-order chi connectivity index (χ1) is 56.7. The Bertz CT molecular complexity index is 3960. The Hall–Kier alpha value is -9.95. The number of carbonyl (C=O) groups is 6. The molecule has 626 valence electrons. The van der Waals surface area contributed by atoms with Crippen molar-refractivity contribution in [2.45, 2.75) is 19.9 Å². The van der Waals surface area contributed by atoms with E-state index in [2.05, 4.69) is 107 Å². The summed E-state index contributed by atoms with van der Waals surface area (Å²) in [5.41, 5.74) is 9.06. The molecule has 0 fully saturated rings. The quantitative estimate of drug-likeness (QED) is 0.0744. The van der Waals surface area contributed by atoms with Crippen LogP contribution in [0.2, 0.25) is 0 Å². The van der Waals surface area contributed by atoms with E-state index in [9.17, 15) is 28.8 Å². The van der Waals surface area contributed by atoms with Gasteiger partial charge in [0, 0.05) is 248 Å². The molecule has 10 heterocycles. The first kappa shape index (κ1) is 93.2. The van der Waals surface area contributed by atoms with E-state index in [-0.39, 0.29) is 35.4 Å². The van der Waals surface area contributed by atoms with Crippen LogP contribution in [-0.4, -0.2) is 347 Å². The van der Waals surface area contributed by atoms with Gasteiger partial charge < -0.3 is 63.4 Å². The average Bonchev–Trinajstić information content (AvgIpc) is 0.910. The maximum absolute atomic E-state index is 13.3. The number of aliphatic imine (C=N–C) groups is 5. The zero-order valence-electron chi connectivity index (χ0n) is 69.4. The average molecular weight is 1590 g/mol. The second-order valence-electron chi connectivity index (χ2n) is 28.6. The lowest BCUT2D eigenvalue weighted by Gasteiger charge is -2.22. The molecule has 6 aromatic rings. The van der Waals surface area contributed by atoms with E-state index in [4.69, 9.17) is 20.0 Å². The highest BCUT2D eigenvalue weighted by atomic mass is 16.2. The van der Waals surface area contributed by atoms with Gasteiger partial charge in [-0.25, -0.2) is 0 Å². The highest BCUT2D eigenvalue weighted by Crippen LogP contribution is 2.11. The van der Waals surface area contributed by atoms with E-state index in [1.807, 2.05) is 205 Å². The number of hydrogen-bond donors (Lipinski definition) is 11. The first-order valence-electron chi connectivity index (χ1n) is 41.1. The van der Waals surface area contributed by atoms with Crippen LogP contribution in [0.1, 0.15) is 109 Å². The van der Waals surface area contributed by atoms with Crippen LogP contribution in [0, 0.1) is 0 Å². The van der Waals surface area contributed by atoms with Crippen LogP contribution in [0.15, 0.2) is 171 Å². The third-order valence-electron chi connectivity index (χ3n) is 19.6. The van der Waals surface area contributed by atoms with Crippen molar-refractivity contribution in [3.05, 3.63) is 212 Å². The van der Waals surface area contributed by atoms with Crippen LogP contribution < -0.4 is 58.5 Å². The van der Waals surface area contributed by atoms with Crippen LogP contribution in [0.3, 0.4) is 0 Å². The zero-order valence-corrected chi connectivity index (χ0v) is 69.4. The molecule has 0 aromatic heterocycles. The second kappa shape index (κ2) is 56.4. The van der Waals surface area contributed by atoms with Crippen molar-refractivity contribution in [3.8, 4) is 0 Å². The molecular formula is C88H128N22O6. The van der Waals surface area contributed by atoms with Gasteiger partial charge in [0.15, 0.2) is 0 Å². The molecule has 0 atom stereocenters. The maximum atomic E-state index is 13.3. The lowest BCUT2D eigenvalue weighted by atomic mass is 10.1. The normalized spacial score (nSPS) is 17.5. The molecular weight excluding hydrogens is 1460 g/mol. The molecule has 0 radical (unpaired) electrons. The van der Waals surface area contributed by atoms with Crippen molar-refractivity contribution in [3.63, 3.8) is 0 Å². The number of carbonyl (C=O) groups excluding carboxylic acids is 6. The highest BCUT2D eigenvalue weighted by molar-refractivity contribution is 5.98. The SMILES string of the molecule is CCCN1CCNC(=O)c2ccc(cc2)C=NCCN(CCNC)CCN=Cc2ccc(cc2)C(=O)NCCN(CCNC)CCNC(=O)c2ccc(cc2)C=NCCN(CCNC)CCN=Cc2ccc(cc2)C(=O)NCCN(CCNC)CCNC(=O)c2ccc(cc2)C=NCCN(C)CCNCc2ccc(cc2)C(=O)NCC1. The molecule has 6 amide bonds. The van der Waals surface area contributed by atoms with E-state index in [0.717, 1.165) is 145 Å². The molecule has 0 spiro atoms. The lowest BCUT2D eigenvalue weighted by molar-refractivity contribution is 0.0932. The van der Waals surface area contributed by atoms with Gasteiger partial charge >= 0.3 is 0 Å². The smallest absolute Gasteiger partial charge is 0.251 e. The fourth-order valence-electron chi connectivity index (χ4n) is 12.5. The Morgan fingerprint density at radius 1 is 0.284 bits per heavy atom. The van der Waals surface area contributed by atoms with Gasteiger partial charge in [0.1, 0.15) is 0 Å². The number of hydrogen-bond acceptors (Lipinski definition) is 22. The van der Waals surface area contributed by atoms with Gasteiger partial charge in [-0.15, -0.1) is 0 Å². The van der Waals surface area contributed by atoms with Crippen LogP contribution in [0.25, 0.3) is 0 Å². The van der Waals surface area contributed by atoms with Gasteiger partial charge in [0.2, 0.25) is 0 Å². The summed E-state index contributed by atoms with van der Waals surface area (Å²) in [5.74, 6) is -0.892. The van der Waals surface area contributed by atoms with Crippen LogP contribution >= 0.6 is 0 Å². The molecule has 10 aliphatic rings. The van der Waals surface area contributed by atoms with Gasteiger partial charge in [0.25, 0.3) is 35.4 Å². The Labute approximate surface area is 688 Å². The van der Waals surface area contributed by atoms with Gasteiger partial charge in [-0.3, -0.25) is 78.2 Å². The molecule has 116 heavy (non-hydrogen) atoms. The topological polar surface area (TPSA) is 316 Å². The predicted molar refractivity (Wildman–Crippen MR) is 472 cm³/mol. The van der Waals surface area contributed by atoms with E-state index in [1.54, 1.807) is 0 Å². The summed E-state index contributed by atoms with van der Waals surface area (Å²) in [6.07, 6.45) is 10.1. The number of nitrogens with zero attached hydrogens (tertiary/aromatic N) is 11. The standard InChI is InChI=1S/C88H128N22O6/c1-7-48-106-59-42-99-83(111)77-20-8-71(9-21-77)65-93-36-49-105(6)50-37-94-66-72-10-22-79(23-11-72)85(113)101-44-61-109(53-34-91-4)62-45-102-86(114)80-26-14-75(15-27-80)69-97-40-57-108(52-33-90-3)58-41-98-70-76-18-30-82(31-19-76)88(116)104-47-64-110(54-35-92-5)63-46-103-87(115)81-28-16-74(17-29-81)68-96-39-56-107(51-32-89-2)55-38-95-67-73-12-24-78(25-13-73)84(112)100-43-60-106/h8-31,66-70,89-93H,7,32-65H2,1-6H3,(H,99,111)(H,100,112)(H,101,113)(H,102,114)(H,103,115)(H,104,116). The van der Waals surface area contributed by atoms with E-state index in [0.29, 0.717) is 151 Å². The molecule has 0 saturated heterocycles. The minimum Gasteiger partial charge on any atom is -0.351 e. The van der Waals surface area contributed by atoms with Crippen molar-refractivity contribution in [2.75, 3.05) is 251 Å². The maximum Gasteiger partial charge on any atom is 0.251 e. The van der Waals surface area contributed by atoms with Crippen molar-refractivity contribution >= 4 is 66.5 Å². The minimum atomic E-state index is -0.159. The molecule has 11 N–H and O–H groups in total. The zero-order chi connectivity index (χ0) is 82.4. The fourth-order valence-corrected chi connectivity index (χ4v) is 12.5.